The van der Waals surface area contributed by atoms with Crippen molar-refractivity contribution in [1.82, 2.24) is 5.32 Å². The number of nitrogens with one attached hydrogen (secondary N) is 2. The number of hydrogen-bond donors (Lipinski definition) is 2. The summed E-state index contributed by atoms with van der Waals surface area (Å²) in [6.07, 6.45) is 0.849. The minimum absolute atomic E-state index is 0.0458. The zero-order chi connectivity index (χ0) is 20.2. The maximum absolute atomic E-state index is 13.5. The molecule has 0 bridgehead atoms. The number of rotatable bonds is 7. The number of amides is 1. The minimum atomic E-state index is -3.83. The summed E-state index contributed by atoms with van der Waals surface area (Å²) >= 11 is 0. The second kappa shape index (κ2) is 8.08. The van der Waals surface area contributed by atoms with E-state index in [1.165, 1.54) is 12.1 Å². The lowest BCUT2D eigenvalue weighted by atomic mass is 10.2. The summed E-state index contributed by atoms with van der Waals surface area (Å²) in [4.78, 5) is 21.8. The van der Waals surface area contributed by atoms with Crippen LogP contribution in [0.25, 0.3) is 0 Å². The number of nitrogens with zero attached hydrogens (tertiary/aromatic N) is 1. The van der Waals surface area contributed by atoms with Gasteiger partial charge in [0.1, 0.15) is 27.8 Å². The van der Waals surface area contributed by atoms with Crippen LogP contribution in [0.15, 0.2) is 41.3 Å². The van der Waals surface area contributed by atoms with Crippen molar-refractivity contribution in [2.24, 2.45) is 0 Å². The third-order valence-corrected chi connectivity index (χ3v) is 4.63. The minimum Gasteiger partial charge on any atom is -0.378 e. The van der Waals surface area contributed by atoms with Gasteiger partial charge in [0.2, 0.25) is 0 Å². The SMILES string of the molecule is CS(=O)(=O)c1cccc(NCCNC(=O)c2c(F)cccc2F)c1[N+](=O)[O-]. The Balaban J connectivity index is 2.08. The fourth-order valence-electron chi connectivity index (χ4n) is 2.33. The third-order valence-electron chi connectivity index (χ3n) is 3.50. The number of sulfone groups is 1. The van der Waals surface area contributed by atoms with Crippen LogP contribution in [0.3, 0.4) is 0 Å². The Hall–Kier alpha value is -3.08. The van der Waals surface area contributed by atoms with Gasteiger partial charge in [0.05, 0.1) is 4.92 Å². The fraction of sp³-hybridized carbons (Fsp3) is 0.188. The van der Waals surface area contributed by atoms with Gasteiger partial charge in [0.15, 0.2) is 9.84 Å². The van der Waals surface area contributed by atoms with Crippen LogP contribution in [0.1, 0.15) is 10.4 Å². The van der Waals surface area contributed by atoms with E-state index in [1.807, 2.05) is 0 Å². The van der Waals surface area contributed by atoms with Gasteiger partial charge in [-0.3, -0.25) is 14.9 Å². The van der Waals surface area contributed by atoms with Crippen molar-refractivity contribution in [3.05, 3.63) is 63.7 Å². The molecule has 2 aromatic rings. The van der Waals surface area contributed by atoms with Crippen LogP contribution in [-0.2, 0) is 9.84 Å². The standard InChI is InChI=1S/C16H15F2N3O5S/c1-27(25,26)13-7-3-6-12(15(13)21(23)24)19-8-9-20-16(22)14-10(17)4-2-5-11(14)18/h2-7,19H,8-9H2,1H3,(H,20,22). The summed E-state index contributed by atoms with van der Waals surface area (Å²) in [5, 5.41) is 16.1. The Kier molecular flexibility index (Phi) is 6.05. The van der Waals surface area contributed by atoms with Crippen molar-refractivity contribution in [3.8, 4) is 0 Å². The lowest BCUT2D eigenvalue weighted by molar-refractivity contribution is -0.386. The summed E-state index contributed by atoms with van der Waals surface area (Å²) in [6.45, 7) is -0.164. The number of carbonyl (C=O) groups excluding carboxylic acids is 1. The summed E-state index contributed by atoms with van der Waals surface area (Å²) < 4.78 is 50.4. The van der Waals surface area contributed by atoms with Gasteiger partial charge < -0.3 is 10.6 Å². The molecule has 0 atom stereocenters. The predicted molar refractivity (Wildman–Crippen MR) is 93.4 cm³/mol. The molecule has 11 heteroatoms. The van der Waals surface area contributed by atoms with E-state index >= 15 is 0 Å². The largest absolute Gasteiger partial charge is 0.378 e. The third kappa shape index (κ3) is 4.76. The Morgan fingerprint density at radius 3 is 2.26 bits per heavy atom. The molecule has 0 heterocycles. The number of nitro benzene ring substituents is 1. The number of carbonyl (C=O) groups is 1. The number of benzene rings is 2. The number of nitro groups is 1. The lowest BCUT2D eigenvalue weighted by Gasteiger charge is -2.11. The van der Waals surface area contributed by atoms with E-state index in [0.717, 1.165) is 30.5 Å². The summed E-state index contributed by atoms with van der Waals surface area (Å²) in [5.41, 5.74) is -1.41. The van der Waals surface area contributed by atoms with Crippen LogP contribution in [-0.4, -0.2) is 38.6 Å². The molecule has 0 fully saturated rings. The van der Waals surface area contributed by atoms with E-state index in [4.69, 9.17) is 0 Å². The highest BCUT2D eigenvalue weighted by Gasteiger charge is 2.26. The molecule has 2 N–H and O–H groups in total. The van der Waals surface area contributed by atoms with Gasteiger partial charge >= 0.3 is 5.69 Å². The van der Waals surface area contributed by atoms with Gasteiger partial charge in [-0.05, 0) is 24.3 Å². The molecule has 27 heavy (non-hydrogen) atoms. The molecule has 0 saturated carbocycles. The molecule has 2 rings (SSSR count). The summed E-state index contributed by atoms with van der Waals surface area (Å²) in [5.74, 6) is -3.01. The molecule has 1 amide bonds. The first-order valence-electron chi connectivity index (χ1n) is 7.56. The number of hydrogen-bond acceptors (Lipinski definition) is 6. The van der Waals surface area contributed by atoms with Crippen LogP contribution < -0.4 is 10.6 Å². The lowest BCUT2D eigenvalue weighted by Crippen LogP contribution is -2.30. The van der Waals surface area contributed by atoms with Gasteiger partial charge in [-0.15, -0.1) is 0 Å². The molecule has 8 nitrogen and oxygen atoms in total. The highest BCUT2D eigenvalue weighted by atomic mass is 32.2. The average Bonchev–Trinajstić information content (AvgIpc) is 2.57. The Morgan fingerprint density at radius 2 is 1.70 bits per heavy atom. The maximum atomic E-state index is 13.5. The highest BCUT2D eigenvalue weighted by Crippen LogP contribution is 2.31. The van der Waals surface area contributed by atoms with Crippen molar-refractivity contribution >= 4 is 27.1 Å². The van der Waals surface area contributed by atoms with E-state index in [-0.39, 0.29) is 18.8 Å². The predicted octanol–water partition coefficient (Wildman–Crippen LogP) is 2.12. The second-order valence-corrected chi connectivity index (χ2v) is 7.45. The molecule has 0 aliphatic carbocycles. The van der Waals surface area contributed by atoms with Crippen LogP contribution in [0.2, 0.25) is 0 Å². The van der Waals surface area contributed by atoms with E-state index in [0.29, 0.717) is 0 Å². The zero-order valence-corrected chi connectivity index (χ0v) is 14.8. The molecule has 0 saturated heterocycles. The quantitative estimate of drug-likeness (QED) is 0.418. The first kappa shape index (κ1) is 20.2. The number of anilines is 1. The highest BCUT2D eigenvalue weighted by molar-refractivity contribution is 7.90. The van der Waals surface area contributed by atoms with Crippen LogP contribution in [0, 0.1) is 21.7 Å². The van der Waals surface area contributed by atoms with Crippen molar-refractivity contribution in [2.45, 2.75) is 4.90 Å². The van der Waals surface area contributed by atoms with E-state index in [2.05, 4.69) is 10.6 Å². The summed E-state index contributed by atoms with van der Waals surface area (Å²) in [7, 11) is -3.83. The Bertz CT molecular complexity index is 975. The van der Waals surface area contributed by atoms with Crippen molar-refractivity contribution in [1.29, 1.82) is 0 Å². The first-order valence-corrected chi connectivity index (χ1v) is 9.45. The number of para-hydroxylation sites is 1. The molecule has 144 valence electrons. The van der Waals surface area contributed by atoms with Crippen molar-refractivity contribution in [2.75, 3.05) is 24.7 Å². The molecule has 0 aromatic heterocycles. The van der Waals surface area contributed by atoms with Gasteiger partial charge in [0, 0.05) is 19.3 Å². The van der Waals surface area contributed by atoms with Crippen molar-refractivity contribution in [3.63, 3.8) is 0 Å². The molecule has 0 radical (unpaired) electrons. The van der Waals surface area contributed by atoms with E-state index in [9.17, 15) is 32.1 Å². The van der Waals surface area contributed by atoms with E-state index in [1.54, 1.807) is 0 Å². The van der Waals surface area contributed by atoms with Crippen LogP contribution in [0.4, 0.5) is 20.2 Å². The molecule has 0 unspecified atom stereocenters. The second-order valence-electron chi connectivity index (χ2n) is 5.46. The van der Waals surface area contributed by atoms with Gasteiger partial charge in [0.25, 0.3) is 5.91 Å². The molecule has 0 spiro atoms. The Morgan fingerprint density at radius 1 is 1.11 bits per heavy atom. The van der Waals surface area contributed by atoms with Crippen molar-refractivity contribution < 1.29 is 26.9 Å². The van der Waals surface area contributed by atoms with Crippen LogP contribution >= 0.6 is 0 Å². The molecular formula is C16H15F2N3O5S. The summed E-state index contributed by atoms with van der Waals surface area (Å²) in [6, 6.07) is 6.76. The maximum Gasteiger partial charge on any atom is 0.310 e. The zero-order valence-electron chi connectivity index (χ0n) is 14.0. The molecule has 2 aromatic carbocycles. The fourth-order valence-corrected chi connectivity index (χ4v) is 3.19. The average molecular weight is 399 g/mol. The van der Waals surface area contributed by atoms with Gasteiger partial charge in [-0.2, -0.15) is 0 Å². The smallest absolute Gasteiger partial charge is 0.310 e. The first-order chi connectivity index (χ1) is 12.6. The number of halogens is 2. The topological polar surface area (TPSA) is 118 Å². The molecular weight excluding hydrogens is 384 g/mol. The Labute approximate surface area is 153 Å². The van der Waals surface area contributed by atoms with Crippen LogP contribution in [0.5, 0.6) is 0 Å². The van der Waals surface area contributed by atoms with Gasteiger partial charge in [-0.25, -0.2) is 17.2 Å². The van der Waals surface area contributed by atoms with E-state index < -0.39 is 48.4 Å². The van der Waals surface area contributed by atoms with Gasteiger partial charge in [-0.1, -0.05) is 12.1 Å². The molecule has 0 aliphatic heterocycles. The normalized spacial score (nSPS) is 11.1. The molecule has 0 aliphatic rings. The monoisotopic (exact) mass is 399 g/mol.